The Morgan fingerprint density at radius 2 is 2.12 bits per heavy atom. The zero-order valence-corrected chi connectivity index (χ0v) is 14.6. The normalized spacial score (nSPS) is 10.1. The third kappa shape index (κ3) is 4.85. The summed E-state index contributed by atoms with van der Waals surface area (Å²) in [5.41, 5.74) is 0.816. The van der Waals surface area contributed by atoms with Crippen molar-refractivity contribution in [1.29, 1.82) is 5.26 Å². The minimum absolute atomic E-state index is 0.106. The van der Waals surface area contributed by atoms with Gasteiger partial charge in [0.15, 0.2) is 0 Å². The molecule has 2 aromatic rings. The number of rotatable bonds is 6. The minimum atomic E-state index is -0.225. The van der Waals surface area contributed by atoms with Crippen LogP contribution in [0.5, 0.6) is 0 Å². The van der Waals surface area contributed by atoms with Gasteiger partial charge in [0.25, 0.3) is 0 Å². The number of aromatic nitrogens is 1. The summed E-state index contributed by atoms with van der Waals surface area (Å²) in [6.07, 6.45) is 0.841. The largest absolute Gasteiger partial charge is 0.347 e. The summed E-state index contributed by atoms with van der Waals surface area (Å²) in [6, 6.07) is 12.0. The molecule has 7 heteroatoms. The molecule has 1 amide bonds. The van der Waals surface area contributed by atoms with Gasteiger partial charge < -0.3 is 10.2 Å². The van der Waals surface area contributed by atoms with Crippen LogP contribution in [0.15, 0.2) is 36.4 Å². The molecule has 0 unspecified atom stereocenters. The van der Waals surface area contributed by atoms with Crippen LogP contribution in [0.2, 0.25) is 10.0 Å². The lowest BCUT2D eigenvalue weighted by Gasteiger charge is -2.22. The van der Waals surface area contributed by atoms with Crippen molar-refractivity contribution in [3.63, 3.8) is 0 Å². The molecule has 1 aromatic carbocycles. The summed E-state index contributed by atoms with van der Waals surface area (Å²) in [4.78, 5) is 18.4. The SMILES string of the molecule is CCCN(CC(=O)Nc1ccc(Cl)cc1Cl)c1cccc(C#N)n1. The van der Waals surface area contributed by atoms with E-state index >= 15 is 0 Å². The third-order valence-electron chi connectivity index (χ3n) is 3.21. The highest BCUT2D eigenvalue weighted by molar-refractivity contribution is 6.36. The highest BCUT2D eigenvalue weighted by atomic mass is 35.5. The molecule has 0 aliphatic heterocycles. The first-order valence-electron chi connectivity index (χ1n) is 7.40. The van der Waals surface area contributed by atoms with Crippen LogP contribution in [0.1, 0.15) is 19.0 Å². The average molecular weight is 363 g/mol. The molecule has 5 nitrogen and oxygen atoms in total. The van der Waals surface area contributed by atoms with Crippen molar-refractivity contribution in [2.45, 2.75) is 13.3 Å². The van der Waals surface area contributed by atoms with E-state index in [0.717, 1.165) is 6.42 Å². The predicted octanol–water partition coefficient (Wildman–Crippen LogP) is 4.12. The van der Waals surface area contributed by atoms with Gasteiger partial charge in [-0.3, -0.25) is 4.79 Å². The van der Waals surface area contributed by atoms with Gasteiger partial charge in [0.2, 0.25) is 5.91 Å². The van der Waals surface area contributed by atoms with Crippen molar-refractivity contribution in [2.24, 2.45) is 0 Å². The number of hydrogen-bond acceptors (Lipinski definition) is 4. The topological polar surface area (TPSA) is 69.0 Å². The molecule has 0 bridgehead atoms. The molecule has 0 aliphatic rings. The maximum atomic E-state index is 12.3. The third-order valence-corrected chi connectivity index (χ3v) is 3.75. The molecule has 0 spiro atoms. The molecule has 0 saturated heterocycles. The Kier molecular flexibility index (Phi) is 6.42. The van der Waals surface area contributed by atoms with Crippen molar-refractivity contribution in [3.8, 4) is 6.07 Å². The van der Waals surface area contributed by atoms with Crippen LogP contribution in [0.3, 0.4) is 0 Å². The second kappa shape index (κ2) is 8.53. The molecule has 24 heavy (non-hydrogen) atoms. The van der Waals surface area contributed by atoms with Gasteiger partial charge >= 0.3 is 0 Å². The van der Waals surface area contributed by atoms with Crippen LogP contribution in [0, 0.1) is 11.3 Å². The van der Waals surface area contributed by atoms with Gasteiger partial charge in [0, 0.05) is 11.6 Å². The fraction of sp³-hybridized carbons (Fsp3) is 0.235. The van der Waals surface area contributed by atoms with Gasteiger partial charge in [-0.1, -0.05) is 36.2 Å². The number of carbonyl (C=O) groups is 1. The van der Waals surface area contributed by atoms with Gasteiger partial charge in [-0.25, -0.2) is 4.98 Å². The van der Waals surface area contributed by atoms with Crippen molar-refractivity contribution in [2.75, 3.05) is 23.3 Å². The first-order valence-corrected chi connectivity index (χ1v) is 8.16. The maximum absolute atomic E-state index is 12.3. The van der Waals surface area contributed by atoms with Crippen molar-refractivity contribution >= 4 is 40.6 Å². The Bertz CT molecular complexity index is 773. The Balaban J connectivity index is 2.12. The summed E-state index contributed by atoms with van der Waals surface area (Å²) in [7, 11) is 0. The molecule has 2 rings (SSSR count). The number of anilines is 2. The summed E-state index contributed by atoms with van der Waals surface area (Å²) < 4.78 is 0. The zero-order valence-electron chi connectivity index (χ0n) is 13.1. The molecule has 0 fully saturated rings. The highest BCUT2D eigenvalue weighted by Crippen LogP contribution is 2.25. The van der Waals surface area contributed by atoms with E-state index < -0.39 is 0 Å². The van der Waals surface area contributed by atoms with Crippen LogP contribution in [0.4, 0.5) is 11.5 Å². The standard InChI is InChI=1S/C17H16Cl2N4O/c1-2-8-23(16-5-3-4-13(10-20)21-16)11-17(24)22-15-7-6-12(18)9-14(15)19/h3-7,9H,2,8,11H2,1H3,(H,22,24). The number of amides is 1. The van der Waals surface area contributed by atoms with Crippen LogP contribution in [0.25, 0.3) is 0 Å². The molecule has 0 aliphatic carbocycles. The van der Waals surface area contributed by atoms with Gasteiger partial charge in [-0.05, 0) is 36.8 Å². The second-order valence-electron chi connectivity index (χ2n) is 5.09. The van der Waals surface area contributed by atoms with Crippen molar-refractivity contribution < 1.29 is 4.79 Å². The Morgan fingerprint density at radius 3 is 2.79 bits per heavy atom. The molecule has 124 valence electrons. The van der Waals surface area contributed by atoms with E-state index in [1.54, 1.807) is 36.4 Å². The number of carbonyl (C=O) groups excluding carboxylic acids is 1. The number of benzene rings is 1. The average Bonchev–Trinajstić information content (AvgIpc) is 2.57. The summed E-state index contributed by atoms with van der Waals surface area (Å²) >= 11 is 11.9. The zero-order chi connectivity index (χ0) is 17.5. The number of nitrogens with one attached hydrogen (secondary N) is 1. The van der Waals surface area contributed by atoms with Crippen molar-refractivity contribution in [3.05, 3.63) is 52.1 Å². The Labute approximate surface area is 150 Å². The van der Waals surface area contributed by atoms with E-state index in [9.17, 15) is 4.79 Å². The monoisotopic (exact) mass is 362 g/mol. The fourth-order valence-corrected chi connectivity index (χ4v) is 2.62. The molecule has 0 atom stereocenters. The second-order valence-corrected chi connectivity index (χ2v) is 5.93. The van der Waals surface area contributed by atoms with E-state index in [-0.39, 0.29) is 12.5 Å². The molecule has 0 radical (unpaired) electrons. The number of hydrogen-bond donors (Lipinski definition) is 1. The molecule has 0 saturated carbocycles. The summed E-state index contributed by atoms with van der Waals surface area (Å²) in [5, 5.41) is 12.6. The molecular weight excluding hydrogens is 347 g/mol. The number of halogens is 2. The van der Waals surface area contributed by atoms with Crippen molar-refractivity contribution in [1.82, 2.24) is 4.98 Å². The first-order chi connectivity index (χ1) is 11.5. The fourth-order valence-electron chi connectivity index (χ4n) is 2.16. The van der Waals surface area contributed by atoms with Gasteiger partial charge in [-0.2, -0.15) is 5.26 Å². The van der Waals surface area contributed by atoms with Gasteiger partial charge in [0.05, 0.1) is 17.3 Å². The summed E-state index contributed by atoms with van der Waals surface area (Å²) in [5.74, 6) is 0.366. The van der Waals surface area contributed by atoms with E-state index in [2.05, 4.69) is 10.3 Å². The number of nitrogens with zero attached hydrogens (tertiary/aromatic N) is 3. The summed E-state index contributed by atoms with van der Waals surface area (Å²) in [6.45, 7) is 2.76. The molecular formula is C17H16Cl2N4O. The Morgan fingerprint density at radius 1 is 1.33 bits per heavy atom. The van der Waals surface area contributed by atoms with E-state index in [1.807, 2.05) is 17.9 Å². The van der Waals surface area contributed by atoms with E-state index in [4.69, 9.17) is 28.5 Å². The van der Waals surface area contributed by atoms with Crippen LogP contribution in [-0.4, -0.2) is 24.0 Å². The number of nitriles is 1. The predicted molar refractivity (Wildman–Crippen MR) is 96.5 cm³/mol. The smallest absolute Gasteiger partial charge is 0.243 e. The minimum Gasteiger partial charge on any atom is -0.347 e. The van der Waals surface area contributed by atoms with Crippen LogP contribution in [-0.2, 0) is 4.79 Å². The molecule has 1 aromatic heterocycles. The van der Waals surface area contributed by atoms with Crippen LogP contribution < -0.4 is 10.2 Å². The van der Waals surface area contributed by atoms with Gasteiger partial charge in [0.1, 0.15) is 17.6 Å². The molecule has 1 heterocycles. The Hall–Kier alpha value is -2.29. The lowest BCUT2D eigenvalue weighted by molar-refractivity contribution is -0.115. The highest BCUT2D eigenvalue weighted by Gasteiger charge is 2.14. The molecule has 1 N–H and O–H groups in total. The van der Waals surface area contributed by atoms with Crippen LogP contribution >= 0.6 is 23.2 Å². The lowest BCUT2D eigenvalue weighted by atomic mass is 10.3. The quantitative estimate of drug-likeness (QED) is 0.838. The lowest BCUT2D eigenvalue weighted by Crippen LogP contribution is -2.34. The maximum Gasteiger partial charge on any atom is 0.243 e. The van der Waals surface area contributed by atoms with E-state index in [0.29, 0.717) is 33.8 Å². The van der Waals surface area contributed by atoms with E-state index in [1.165, 1.54) is 0 Å². The number of pyridine rings is 1. The first kappa shape index (κ1) is 18.1. The van der Waals surface area contributed by atoms with Gasteiger partial charge in [-0.15, -0.1) is 0 Å².